The molecule has 7 aromatic rings. The van der Waals surface area contributed by atoms with Gasteiger partial charge in [-0.25, -0.2) is 87.8 Å². The zero-order valence-corrected chi connectivity index (χ0v) is 33.3. The number of Topliss-reactive ketones (excluding diaryl/α,β-unsaturated/α-hetero) is 1. The Labute approximate surface area is 372 Å². The maximum Gasteiger partial charge on any atom is 0.227 e. The monoisotopic (exact) mass is 992 g/mol. The molecule has 0 N–H and O–H groups in total. The Morgan fingerprint density at radius 2 is 0.783 bits per heavy atom. The van der Waals surface area contributed by atoms with Gasteiger partial charge in [-0.2, -0.15) is 4.57 Å². The Kier molecular flexibility index (Phi) is 13.3. The highest BCUT2D eigenvalue weighted by Gasteiger charge is 2.52. The van der Waals surface area contributed by atoms with Gasteiger partial charge in [-0.05, 0) is 11.1 Å². The Bertz CT molecular complexity index is 2910. The van der Waals surface area contributed by atoms with Crippen LogP contribution in [-0.4, -0.2) is 16.9 Å². The molecule has 0 saturated heterocycles. The zero-order valence-electron chi connectivity index (χ0n) is 33.3. The predicted octanol–water partition coefficient (Wildman–Crippen LogP) is 9.26. The van der Waals surface area contributed by atoms with E-state index in [1.165, 1.54) is 11.1 Å². The first-order valence-electron chi connectivity index (χ1n) is 18.9. The molecule has 3 nitrogen and oxygen atoms in total. The van der Waals surface area contributed by atoms with Crippen molar-refractivity contribution in [1.82, 2.24) is 4.98 Å². The second-order valence-electron chi connectivity index (χ2n) is 14.7. The third-order valence-electron chi connectivity index (χ3n) is 11.1. The van der Waals surface area contributed by atoms with Crippen molar-refractivity contribution in [3.05, 3.63) is 218 Å². The molecule has 1 aliphatic rings. The van der Waals surface area contributed by atoms with Crippen LogP contribution in [0.15, 0.2) is 79.3 Å². The smallest absolute Gasteiger partial charge is 0.227 e. The minimum atomic E-state index is -7.22. The number of hydrogen-bond donors (Lipinski definition) is 0. The maximum atomic E-state index is 15.4. The summed E-state index contributed by atoms with van der Waals surface area (Å²) < 4.78 is 296. The van der Waals surface area contributed by atoms with Crippen LogP contribution in [0.4, 0.5) is 87.8 Å². The number of carbonyl (C=O) groups excluding carboxylic acids is 1. The van der Waals surface area contributed by atoms with E-state index in [2.05, 4.69) is 35.3 Å². The number of fused-ring (bicyclic) bond motifs is 1. The molecular formula is C45H17BF20N2O. The lowest BCUT2D eigenvalue weighted by Crippen LogP contribution is -2.81. The number of aromatic nitrogens is 2. The zero-order chi connectivity index (χ0) is 50.7. The van der Waals surface area contributed by atoms with Crippen molar-refractivity contribution in [1.29, 1.82) is 0 Å². The summed E-state index contributed by atoms with van der Waals surface area (Å²) in [7, 11) is 0. The van der Waals surface area contributed by atoms with Crippen LogP contribution < -0.4 is 26.4 Å². The molecule has 0 spiro atoms. The van der Waals surface area contributed by atoms with Crippen LogP contribution in [0.25, 0.3) is 6.08 Å². The SMILES string of the molecule is Fc1c(F)c(F)c([B-](c2c(F)c(F)c(F)c(F)c2F)(c2c(F)c(F)c(F)c(F)c2F)c2c(F)c(F)c(F)c(F)c2F)c(F)c1F.O=C(C[n+]1ccncc1C1C=Cc2ccccc21)c1ccccc1. The van der Waals surface area contributed by atoms with Crippen LogP contribution in [-0.2, 0) is 6.54 Å². The van der Waals surface area contributed by atoms with E-state index in [0.29, 0.717) is 6.54 Å². The molecule has 1 aliphatic carbocycles. The van der Waals surface area contributed by atoms with E-state index in [1.807, 2.05) is 53.4 Å². The largest absolute Gasteiger partial charge is 0.287 e. The number of hydrogen-bond acceptors (Lipinski definition) is 2. The number of halogens is 20. The molecular weight excluding hydrogens is 975 g/mol. The van der Waals surface area contributed by atoms with Crippen molar-refractivity contribution in [2.75, 3.05) is 0 Å². The normalized spacial score (nSPS) is 13.1. The fraction of sp³-hybridized carbons (Fsp3) is 0.0444. The van der Waals surface area contributed by atoms with Crippen LogP contribution in [0.1, 0.15) is 33.1 Å². The second kappa shape index (κ2) is 18.5. The minimum absolute atomic E-state index is 0.100. The molecule has 1 atom stereocenters. The van der Waals surface area contributed by atoms with E-state index >= 15 is 35.1 Å². The van der Waals surface area contributed by atoms with Crippen molar-refractivity contribution >= 4 is 39.9 Å². The fourth-order valence-electron chi connectivity index (χ4n) is 8.05. The van der Waals surface area contributed by atoms with E-state index in [1.54, 1.807) is 6.20 Å². The van der Waals surface area contributed by atoms with Crippen molar-refractivity contribution in [2.24, 2.45) is 0 Å². The number of carbonyl (C=O) groups is 1. The van der Waals surface area contributed by atoms with Crippen molar-refractivity contribution in [3.63, 3.8) is 0 Å². The molecule has 0 fully saturated rings. The molecule has 24 heteroatoms. The first kappa shape index (κ1) is 49.4. The standard InChI is InChI=1S/C24BF20.C21H17N2O/c26-5-1(6(27)14(35)21(42)13(5)34)25(2-7(28)15(36)22(43)16(37)8(2)29,3-9(30)17(38)23(44)18(39)10(3)31)4-11(32)19(40)24(45)20(41)12(4)33;24-21(17-7-2-1-3-8-17)15-23-13-12-22-14-20(23)19-11-10-16-6-4-5-9-18(16)19/h;1-14,19H,15H2/q-1;+1. The van der Waals surface area contributed by atoms with Gasteiger partial charge in [0.25, 0.3) is 0 Å². The number of rotatable bonds is 8. The molecule has 1 unspecified atom stereocenters. The van der Waals surface area contributed by atoms with Gasteiger partial charge in [0, 0.05) is 5.56 Å². The number of benzene rings is 6. The molecule has 8 rings (SSSR count). The molecule has 356 valence electrons. The quantitative estimate of drug-likeness (QED) is 0.0381. The minimum Gasteiger partial charge on any atom is -0.287 e. The molecule has 0 aliphatic heterocycles. The van der Waals surface area contributed by atoms with E-state index in [4.69, 9.17) is 0 Å². The molecule has 0 amide bonds. The lowest BCUT2D eigenvalue weighted by Gasteiger charge is -2.44. The van der Waals surface area contributed by atoms with E-state index in [-0.39, 0.29) is 11.7 Å². The Morgan fingerprint density at radius 1 is 0.449 bits per heavy atom. The third kappa shape index (κ3) is 7.74. The Balaban J connectivity index is 0.000000244. The average molecular weight is 992 g/mol. The Morgan fingerprint density at radius 3 is 1.16 bits per heavy atom. The second-order valence-corrected chi connectivity index (χ2v) is 14.7. The van der Waals surface area contributed by atoms with Gasteiger partial charge in [-0.1, -0.05) is 66.7 Å². The molecule has 0 radical (unpaired) electrons. The van der Waals surface area contributed by atoms with Gasteiger partial charge in [-0.3, -0.25) is 9.78 Å². The topological polar surface area (TPSA) is 33.8 Å². The first-order chi connectivity index (χ1) is 32.5. The van der Waals surface area contributed by atoms with Gasteiger partial charge in [0.2, 0.25) is 18.0 Å². The predicted molar refractivity (Wildman–Crippen MR) is 202 cm³/mol. The van der Waals surface area contributed by atoms with E-state index in [9.17, 15) is 57.5 Å². The van der Waals surface area contributed by atoms with Crippen molar-refractivity contribution in [2.45, 2.75) is 12.5 Å². The highest BCUT2D eigenvalue weighted by molar-refractivity contribution is 7.20. The lowest BCUT2D eigenvalue weighted by atomic mass is 9.12. The highest BCUT2D eigenvalue weighted by atomic mass is 19.2. The van der Waals surface area contributed by atoms with Gasteiger partial charge >= 0.3 is 0 Å². The van der Waals surface area contributed by atoms with Crippen LogP contribution in [0, 0.1) is 116 Å². The third-order valence-corrected chi connectivity index (χ3v) is 11.1. The summed E-state index contributed by atoms with van der Waals surface area (Å²) in [5, 5.41) is 0. The van der Waals surface area contributed by atoms with Crippen LogP contribution in [0.2, 0.25) is 0 Å². The van der Waals surface area contributed by atoms with E-state index < -0.39 is 144 Å². The fourth-order valence-corrected chi connectivity index (χ4v) is 8.05. The number of allylic oxidation sites excluding steroid dienone is 1. The summed E-state index contributed by atoms with van der Waals surface area (Å²) in [6.07, 6.45) is 2.55. The Hall–Kier alpha value is -7.53. The summed E-state index contributed by atoms with van der Waals surface area (Å²) in [5.74, 6) is -71.2. The summed E-state index contributed by atoms with van der Waals surface area (Å²) in [6, 6.07) is 17.8. The summed E-state index contributed by atoms with van der Waals surface area (Å²) in [5.41, 5.74) is -10.1. The van der Waals surface area contributed by atoms with Gasteiger partial charge < -0.3 is 0 Å². The van der Waals surface area contributed by atoms with Gasteiger partial charge in [0.15, 0.2) is 76.0 Å². The summed E-state index contributed by atoms with van der Waals surface area (Å²) in [4.78, 5) is 16.8. The average Bonchev–Trinajstić information content (AvgIpc) is 3.78. The molecule has 1 aromatic heterocycles. The van der Waals surface area contributed by atoms with Gasteiger partial charge in [-0.15, -0.1) is 21.9 Å². The molecule has 0 saturated carbocycles. The van der Waals surface area contributed by atoms with Crippen molar-refractivity contribution in [3.8, 4) is 0 Å². The lowest BCUT2D eigenvalue weighted by molar-refractivity contribution is -0.691. The number of nitrogens with zero attached hydrogens (tertiary/aromatic N) is 2. The van der Waals surface area contributed by atoms with Crippen LogP contribution in [0.5, 0.6) is 0 Å². The van der Waals surface area contributed by atoms with E-state index in [0.717, 1.165) is 11.3 Å². The maximum absolute atomic E-state index is 15.4. The van der Waals surface area contributed by atoms with Crippen LogP contribution in [0.3, 0.4) is 0 Å². The summed E-state index contributed by atoms with van der Waals surface area (Å²) >= 11 is 0. The molecule has 0 bridgehead atoms. The highest BCUT2D eigenvalue weighted by Crippen LogP contribution is 2.34. The first-order valence-corrected chi connectivity index (χ1v) is 18.9. The summed E-state index contributed by atoms with van der Waals surface area (Å²) in [6.45, 7) is 0.314. The van der Waals surface area contributed by atoms with Crippen LogP contribution >= 0.6 is 0 Å². The molecule has 1 heterocycles. The molecule has 6 aromatic carbocycles. The van der Waals surface area contributed by atoms with Gasteiger partial charge in [0.05, 0.1) is 18.3 Å². The van der Waals surface area contributed by atoms with Crippen molar-refractivity contribution < 1.29 is 97.2 Å². The molecule has 69 heavy (non-hydrogen) atoms. The van der Waals surface area contributed by atoms with Gasteiger partial charge in [0.1, 0.15) is 52.7 Å². The number of ketones is 1.